The predicted octanol–water partition coefficient (Wildman–Crippen LogP) is 2.28. The van der Waals surface area contributed by atoms with Gasteiger partial charge in [0.2, 0.25) is 0 Å². The number of primary amides is 1. The fourth-order valence-corrected chi connectivity index (χ4v) is 1.57. The van der Waals surface area contributed by atoms with Gasteiger partial charge in [0.15, 0.2) is 0 Å². The highest BCUT2D eigenvalue weighted by molar-refractivity contribution is 5.65. The van der Waals surface area contributed by atoms with Gasteiger partial charge in [-0.3, -0.25) is 0 Å². The summed E-state index contributed by atoms with van der Waals surface area (Å²) in [6.45, 7) is 10.1. The van der Waals surface area contributed by atoms with Gasteiger partial charge in [0.25, 0.3) is 0 Å². The Kier molecular flexibility index (Phi) is 7.13. The van der Waals surface area contributed by atoms with Crippen molar-refractivity contribution in [2.75, 3.05) is 13.1 Å². The number of rotatable bonds is 1. The van der Waals surface area contributed by atoms with Gasteiger partial charge in [-0.15, -0.1) is 0 Å². The minimum Gasteiger partial charge on any atom is -0.444 e. The van der Waals surface area contributed by atoms with Crippen molar-refractivity contribution in [1.29, 1.82) is 0 Å². The van der Waals surface area contributed by atoms with Crippen molar-refractivity contribution < 1.29 is 9.53 Å². The lowest BCUT2D eigenvalue weighted by Crippen LogP contribution is -2.29. The third kappa shape index (κ3) is 9.77. The fraction of sp³-hybridized carbons (Fsp3) is 0.917. The molecule has 3 N–H and O–H groups in total. The van der Waals surface area contributed by atoms with Crippen LogP contribution in [0.5, 0.6) is 0 Å². The van der Waals surface area contributed by atoms with E-state index in [9.17, 15) is 4.79 Å². The lowest BCUT2D eigenvalue weighted by Gasteiger charge is -2.20. The van der Waals surface area contributed by atoms with Crippen LogP contribution in [0.4, 0.5) is 4.79 Å². The second kappa shape index (κ2) is 7.49. The molecule has 1 aliphatic rings. The van der Waals surface area contributed by atoms with Crippen LogP contribution < -0.4 is 11.1 Å². The summed E-state index contributed by atoms with van der Waals surface area (Å²) in [7, 11) is 0. The van der Waals surface area contributed by atoms with Gasteiger partial charge in [-0.05, 0) is 52.6 Å². The lowest BCUT2D eigenvalue weighted by atomic mass is 9.97. The molecule has 0 aliphatic carbocycles. The summed E-state index contributed by atoms with van der Waals surface area (Å²) in [5.41, 5.74) is 4.26. The zero-order chi connectivity index (χ0) is 12.6. The first-order valence-electron chi connectivity index (χ1n) is 6.04. The van der Waals surface area contributed by atoms with Gasteiger partial charge in [0, 0.05) is 0 Å². The maximum atomic E-state index is 10.0. The molecule has 1 amide bonds. The van der Waals surface area contributed by atoms with Crippen LogP contribution in [0.3, 0.4) is 0 Å². The summed E-state index contributed by atoms with van der Waals surface area (Å²) >= 11 is 0. The second-order valence-electron chi connectivity index (χ2n) is 5.15. The number of hydrogen-bond acceptors (Lipinski definition) is 3. The zero-order valence-electron chi connectivity index (χ0n) is 11.0. The fourth-order valence-electron chi connectivity index (χ4n) is 1.57. The molecule has 4 nitrogen and oxygen atoms in total. The normalized spacial score (nSPS) is 20.6. The number of amides is 1. The quantitative estimate of drug-likeness (QED) is 0.726. The van der Waals surface area contributed by atoms with Crippen molar-refractivity contribution in [2.24, 2.45) is 11.7 Å². The van der Waals surface area contributed by atoms with Gasteiger partial charge in [0.1, 0.15) is 5.60 Å². The molecule has 0 aromatic rings. The van der Waals surface area contributed by atoms with E-state index in [1.54, 1.807) is 20.8 Å². The van der Waals surface area contributed by atoms with E-state index in [1.807, 2.05) is 0 Å². The van der Waals surface area contributed by atoms with Crippen LogP contribution in [0.2, 0.25) is 0 Å². The Hall–Kier alpha value is -0.770. The number of ether oxygens (including phenoxy) is 1. The van der Waals surface area contributed by atoms with E-state index < -0.39 is 11.7 Å². The van der Waals surface area contributed by atoms with E-state index in [4.69, 9.17) is 5.73 Å². The van der Waals surface area contributed by atoms with Crippen molar-refractivity contribution in [3.05, 3.63) is 0 Å². The Morgan fingerprint density at radius 3 is 2.31 bits per heavy atom. The number of nitrogens with two attached hydrogens (primary N) is 1. The number of piperidine rings is 1. The zero-order valence-corrected chi connectivity index (χ0v) is 11.0. The molecule has 1 heterocycles. The first-order valence-corrected chi connectivity index (χ1v) is 6.04. The van der Waals surface area contributed by atoms with Crippen molar-refractivity contribution in [3.63, 3.8) is 0 Å². The van der Waals surface area contributed by atoms with Crippen molar-refractivity contribution in [3.8, 4) is 0 Å². The molecule has 1 atom stereocenters. The summed E-state index contributed by atoms with van der Waals surface area (Å²) in [6.07, 6.45) is 3.46. The van der Waals surface area contributed by atoms with Crippen LogP contribution in [0.15, 0.2) is 0 Å². The molecule has 0 spiro atoms. The Morgan fingerprint density at radius 1 is 1.50 bits per heavy atom. The second-order valence-corrected chi connectivity index (χ2v) is 5.15. The molecule has 96 valence electrons. The van der Waals surface area contributed by atoms with Crippen molar-refractivity contribution >= 4 is 6.09 Å². The highest BCUT2D eigenvalue weighted by Gasteiger charge is 2.12. The SMILES string of the molecule is CC(C)(C)OC(N)=O.CCC1CCCNC1. The van der Waals surface area contributed by atoms with Crippen LogP contribution in [-0.4, -0.2) is 24.8 Å². The Labute approximate surface area is 98.9 Å². The van der Waals surface area contributed by atoms with Gasteiger partial charge in [-0.1, -0.05) is 13.3 Å². The van der Waals surface area contributed by atoms with Gasteiger partial charge in [-0.25, -0.2) is 4.79 Å². The van der Waals surface area contributed by atoms with Gasteiger partial charge in [-0.2, -0.15) is 0 Å². The topological polar surface area (TPSA) is 64.3 Å². The third-order valence-electron chi connectivity index (χ3n) is 2.38. The number of carbonyl (C=O) groups is 1. The molecule has 16 heavy (non-hydrogen) atoms. The molecule has 0 bridgehead atoms. The molecular formula is C12H26N2O2. The summed E-state index contributed by atoms with van der Waals surface area (Å²) < 4.78 is 4.58. The lowest BCUT2D eigenvalue weighted by molar-refractivity contribution is 0.0600. The molecule has 1 fully saturated rings. The summed E-state index contributed by atoms with van der Waals surface area (Å²) in [6, 6.07) is 0. The van der Waals surface area contributed by atoms with Crippen molar-refractivity contribution in [2.45, 2.75) is 52.6 Å². The highest BCUT2D eigenvalue weighted by atomic mass is 16.6. The molecule has 1 rings (SSSR count). The van der Waals surface area contributed by atoms with E-state index in [1.165, 1.54) is 32.4 Å². The monoisotopic (exact) mass is 230 g/mol. The Bertz CT molecular complexity index is 194. The molecule has 4 heteroatoms. The van der Waals surface area contributed by atoms with Gasteiger partial charge in [0.05, 0.1) is 0 Å². The number of nitrogens with one attached hydrogen (secondary N) is 1. The van der Waals surface area contributed by atoms with Crippen LogP contribution >= 0.6 is 0 Å². The molecule has 0 saturated carbocycles. The van der Waals surface area contributed by atoms with E-state index in [2.05, 4.69) is 17.0 Å². The number of carbonyl (C=O) groups excluding carboxylic acids is 1. The predicted molar refractivity (Wildman–Crippen MR) is 66.3 cm³/mol. The van der Waals surface area contributed by atoms with Crippen LogP contribution in [0.25, 0.3) is 0 Å². The standard InChI is InChI=1S/C7H15N.C5H11NO2/c1-2-7-4-3-5-8-6-7;1-5(2,3)8-4(6)7/h7-8H,2-6H2,1H3;1-3H3,(H2,6,7). The van der Waals surface area contributed by atoms with E-state index in [0.29, 0.717) is 0 Å². The largest absolute Gasteiger partial charge is 0.444 e. The molecule has 0 aromatic heterocycles. The van der Waals surface area contributed by atoms with E-state index >= 15 is 0 Å². The summed E-state index contributed by atoms with van der Waals surface area (Å²) in [5.74, 6) is 0.976. The third-order valence-corrected chi connectivity index (χ3v) is 2.38. The Balaban J connectivity index is 0.000000281. The highest BCUT2D eigenvalue weighted by Crippen LogP contribution is 2.12. The average Bonchev–Trinajstić information content (AvgIpc) is 2.16. The van der Waals surface area contributed by atoms with E-state index in [-0.39, 0.29) is 0 Å². The number of hydrogen-bond donors (Lipinski definition) is 2. The first-order chi connectivity index (χ1) is 7.35. The summed E-state index contributed by atoms with van der Waals surface area (Å²) in [4.78, 5) is 10.0. The molecule has 1 saturated heterocycles. The van der Waals surface area contributed by atoms with Gasteiger partial charge < -0.3 is 15.8 Å². The maximum absolute atomic E-state index is 10.0. The first kappa shape index (κ1) is 15.2. The Morgan fingerprint density at radius 2 is 2.12 bits per heavy atom. The van der Waals surface area contributed by atoms with Crippen LogP contribution in [0, 0.1) is 5.92 Å². The van der Waals surface area contributed by atoms with Gasteiger partial charge >= 0.3 is 6.09 Å². The van der Waals surface area contributed by atoms with Crippen LogP contribution in [0.1, 0.15) is 47.0 Å². The maximum Gasteiger partial charge on any atom is 0.405 e. The molecular weight excluding hydrogens is 204 g/mol. The summed E-state index contributed by atoms with van der Waals surface area (Å²) in [5, 5.41) is 3.39. The molecule has 1 aliphatic heterocycles. The minimum absolute atomic E-state index is 0.453. The smallest absolute Gasteiger partial charge is 0.405 e. The average molecular weight is 230 g/mol. The van der Waals surface area contributed by atoms with Crippen LogP contribution in [-0.2, 0) is 4.74 Å². The van der Waals surface area contributed by atoms with E-state index in [0.717, 1.165) is 5.92 Å². The molecule has 0 radical (unpaired) electrons. The minimum atomic E-state index is -0.725. The molecule has 1 unspecified atom stereocenters. The molecule has 0 aromatic carbocycles. The van der Waals surface area contributed by atoms with Crippen molar-refractivity contribution in [1.82, 2.24) is 5.32 Å².